The molecular formula is C25H32N6O2. The van der Waals surface area contributed by atoms with Gasteiger partial charge in [0.25, 0.3) is 0 Å². The molecule has 1 aliphatic heterocycles. The Labute approximate surface area is 194 Å². The van der Waals surface area contributed by atoms with Gasteiger partial charge in [0.05, 0.1) is 19.2 Å². The van der Waals surface area contributed by atoms with Crippen LogP contribution in [0.1, 0.15) is 24.0 Å². The molecule has 33 heavy (non-hydrogen) atoms. The van der Waals surface area contributed by atoms with E-state index >= 15 is 0 Å². The number of benzene rings is 2. The molecule has 0 spiro atoms. The van der Waals surface area contributed by atoms with E-state index in [1.165, 1.54) is 6.33 Å². The van der Waals surface area contributed by atoms with Gasteiger partial charge in [-0.25, -0.2) is 9.97 Å². The van der Waals surface area contributed by atoms with Crippen molar-refractivity contribution in [3.05, 3.63) is 47.8 Å². The highest BCUT2D eigenvalue weighted by molar-refractivity contribution is 5.98. The number of hydrogen-bond acceptors (Lipinski definition) is 6. The van der Waals surface area contributed by atoms with E-state index in [0.29, 0.717) is 29.8 Å². The monoisotopic (exact) mass is 448 g/mol. The smallest absolute Gasteiger partial charge is 0.199 e. The standard InChI is InChI=1S/C25H32N6O2/c1-16-5-6-17(2)20(11-16)29-25(26)30-24-19-12-22(32-4)23(13-21(19)27-15-28-24)33-14-18-7-9-31(3)10-8-18/h5-6,11-13,15,18H,7-10,14H2,1-4H3,(H3,26,27,28,29,30). The number of ether oxygens (including phenoxy) is 2. The average molecular weight is 449 g/mol. The number of nitrogens with one attached hydrogen (secondary N) is 1. The lowest BCUT2D eigenvalue weighted by atomic mass is 9.98. The van der Waals surface area contributed by atoms with Gasteiger partial charge in [-0.1, -0.05) is 12.1 Å². The number of nitrogens with zero attached hydrogens (tertiary/aromatic N) is 4. The zero-order chi connectivity index (χ0) is 23.4. The molecule has 3 N–H and O–H groups in total. The van der Waals surface area contributed by atoms with Crippen LogP contribution in [0.3, 0.4) is 0 Å². The summed E-state index contributed by atoms with van der Waals surface area (Å²) in [6.07, 6.45) is 3.76. The van der Waals surface area contributed by atoms with Crippen LogP contribution in [0.5, 0.6) is 11.5 Å². The van der Waals surface area contributed by atoms with Gasteiger partial charge in [-0.3, -0.25) is 0 Å². The second-order valence-electron chi connectivity index (χ2n) is 8.72. The Morgan fingerprint density at radius 2 is 1.94 bits per heavy atom. The summed E-state index contributed by atoms with van der Waals surface area (Å²) in [5.74, 6) is 2.57. The number of piperidine rings is 1. The van der Waals surface area contributed by atoms with Crippen LogP contribution >= 0.6 is 0 Å². The molecule has 2 aromatic carbocycles. The summed E-state index contributed by atoms with van der Waals surface area (Å²) in [5.41, 5.74) is 10.1. The molecule has 0 saturated carbocycles. The Hall–Kier alpha value is -3.39. The number of methoxy groups -OCH3 is 1. The van der Waals surface area contributed by atoms with Gasteiger partial charge < -0.3 is 25.4 Å². The molecule has 1 aliphatic rings. The predicted octanol–water partition coefficient (Wildman–Crippen LogP) is 4.03. The number of hydrogen-bond donors (Lipinski definition) is 2. The van der Waals surface area contributed by atoms with Gasteiger partial charge in [0.1, 0.15) is 6.33 Å². The van der Waals surface area contributed by atoms with Gasteiger partial charge in [0.15, 0.2) is 23.3 Å². The second kappa shape index (κ2) is 10.0. The molecule has 8 heteroatoms. The summed E-state index contributed by atoms with van der Waals surface area (Å²) in [7, 11) is 3.79. The van der Waals surface area contributed by atoms with Crippen LogP contribution in [0.4, 0.5) is 11.5 Å². The van der Waals surface area contributed by atoms with Crippen molar-refractivity contribution in [1.82, 2.24) is 14.9 Å². The normalized spacial score (nSPS) is 15.6. The fraction of sp³-hybridized carbons (Fsp3) is 0.400. The number of aliphatic imine (C=N–C) groups is 1. The first-order valence-corrected chi connectivity index (χ1v) is 11.3. The number of nitrogens with two attached hydrogens (primary N) is 1. The van der Waals surface area contributed by atoms with Crippen molar-refractivity contribution >= 4 is 28.4 Å². The van der Waals surface area contributed by atoms with E-state index in [1.54, 1.807) is 7.11 Å². The van der Waals surface area contributed by atoms with Crippen molar-refractivity contribution in [3.63, 3.8) is 0 Å². The molecule has 8 nitrogen and oxygen atoms in total. The Bertz CT molecular complexity index is 1160. The van der Waals surface area contributed by atoms with Crippen LogP contribution < -0.4 is 20.5 Å². The minimum Gasteiger partial charge on any atom is -0.493 e. The number of fused-ring (bicyclic) bond motifs is 1. The minimum absolute atomic E-state index is 0.255. The number of rotatable bonds is 6. The van der Waals surface area contributed by atoms with Gasteiger partial charge in [-0.05, 0) is 76.0 Å². The Morgan fingerprint density at radius 3 is 2.70 bits per heavy atom. The molecule has 0 unspecified atom stereocenters. The van der Waals surface area contributed by atoms with Crippen LogP contribution in [0.15, 0.2) is 41.7 Å². The molecule has 0 radical (unpaired) electrons. The number of aryl methyl sites for hydroxylation is 2. The summed E-state index contributed by atoms with van der Waals surface area (Å²) in [6.45, 7) is 6.93. The van der Waals surface area contributed by atoms with Crippen LogP contribution in [0.25, 0.3) is 10.9 Å². The third-order valence-electron chi connectivity index (χ3n) is 6.09. The van der Waals surface area contributed by atoms with Crippen molar-refractivity contribution in [2.24, 2.45) is 16.6 Å². The topological polar surface area (TPSA) is 97.9 Å². The van der Waals surface area contributed by atoms with E-state index in [9.17, 15) is 0 Å². The highest BCUT2D eigenvalue weighted by Crippen LogP contribution is 2.35. The van der Waals surface area contributed by atoms with Crippen molar-refractivity contribution in [1.29, 1.82) is 0 Å². The Balaban J connectivity index is 1.57. The first-order chi connectivity index (χ1) is 15.9. The van der Waals surface area contributed by atoms with Gasteiger partial charge in [-0.2, -0.15) is 4.99 Å². The van der Waals surface area contributed by atoms with Crippen molar-refractivity contribution in [2.75, 3.05) is 39.2 Å². The summed E-state index contributed by atoms with van der Waals surface area (Å²) in [4.78, 5) is 15.6. The van der Waals surface area contributed by atoms with Crippen LogP contribution in [-0.4, -0.2) is 54.7 Å². The third-order valence-corrected chi connectivity index (χ3v) is 6.09. The summed E-state index contributed by atoms with van der Waals surface area (Å²) < 4.78 is 11.8. The van der Waals surface area contributed by atoms with E-state index < -0.39 is 0 Å². The maximum atomic E-state index is 6.21. The van der Waals surface area contributed by atoms with Crippen molar-refractivity contribution in [2.45, 2.75) is 26.7 Å². The molecule has 1 saturated heterocycles. The molecule has 0 amide bonds. The van der Waals surface area contributed by atoms with Gasteiger partial charge in [0.2, 0.25) is 0 Å². The fourth-order valence-electron chi connectivity index (χ4n) is 4.00. The number of aromatic nitrogens is 2. The quantitative estimate of drug-likeness (QED) is 0.434. The number of anilines is 1. The van der Waals surface area contributed by atoms with E-state index in [1.807, 2.05) is 38.1 Å². The molecule has 0 aliphatic carbocycles. The molecule has 4 rings (SSSR count). The molecule has 3 aromatic rings. The van der Waals surface area contributed by atoms with Gasteiger partial charge in [0, 0.05) is 17.1 Å². The predicted molar refractivity (Wildman–Crippen MR) is 133 cm³/mol. The zero-order valence-electron chi connectivity index (χ0n) is 19.8. The summed E-state index contributed by atoms with van der Waals surface area (Å²) >= 11 is 0. The first-order valence-electron chi connectivity index (χ1n) is 11.3. The van der Waals surface area contributed by atoms with E-state index in [2.05, 4.69) is 38.3 Å². The molecule has 0 bridgehead atoms. The number of guanidine groups is 1. The average Bonchev–Trinajstić information content (AvgIpc) is 2.80. The fourth-order valence-corrected chi connectivity index (χ4v) is 4.00. The lowest BCUT2D eigenvalue weighted by Gasteiger charge is -2.28. The van der Waals surface area contributed by atoms with Crippen molar-refractivity contribution in [3.8, 4) is 11.5 Å². The van der Waals surface area contributed by atoms with E-state index in [4.69, 9.17) is 15.2 Å². The van der Waals surface area contributed by atoms with Gasteiger partial charge >= 0.3 is 0 Å². The molecule has 1 aromatic heterocycles. The maximum Gasteiger partial charge on any atom is 0.199 e. The highest BCUT2D eigenvalue weighted by Gasteiger charge is 2.19. The number of likely N-dealkylation sites (tertiary alicyclic amines) is 1. The highest BCUT2D eigenvalue weighted by atomic mass is 16.5. The lowest BCUT2D eigenvalue weighted by Crippen LogP contribution is -2.32. The molecule has 2 heterocycles. The summed E-state index contributed by atoms with van der Waals surface area (Å²) in [5, 5.41) is 3.91. The zero-order valence-corrected chi connectivity index (χ0v) is 19.8. The van der Waals surface area contributed by atoms with E-state index in [0.717, 1.165) is 53.6 Å². The third kappa shape index (κ3) is 5.51. The molecule has 1 fully saturated rings. The van der Waals surface area contributed by atoms with Crippen molar-refractivity contribution < 1.29 is 9.47 Å². The Kier molecular flexibility index (Phi) is 6.93. The Morgan fingerprint density at radius 1 is 1.15 bits per heavy atom. The second-order valence-corrected chi connectivity index (χ2v) is 8.72. The van der Waals surface area contributed by atoms with Crippen LogP contribution in [-0.2, 0) is 0 Å². The van der Waals surface area contributed by atoms with Crippen LogP contribution in [0, 0.1) is 19.8 Å². The molecule has 0 atom stereocenters. The first kappa shape index (κ1) is 22.8. The lowest BCUT2D eigenvalue weighted by molar-refractivity contribution is 0.157. The summed E-state index contributed by atoms with van der Waals surface area (Å²) in [6, 6.07) is 9.89. The van der Waals surface area contributed by atoms with E-state index in [-0.39, 0.29) is 5.96 Å². The van der Waals surface area contributed by atoms with Crippen LogP contribution in [0.2, 0.25) is 0 Å². The SMILES string of the molecule is COc1cc2c(N=C(N)Nc3cc(C)ccc3C)ncnc2cc1OCC1CCN(C)CC1. The van der Waals surface area contributed by atoms with Gasteiger partial charge in [-0.15, -0.1) is 0 Å². The largest absolute Gasteiger partial charge is 0.493 e. The molecular weight excluding hydrogens is 416 g/mol. The molecule has 174 valence electrons. The maximum absolute atomic E-state index is 6.21. The minimum atomic E-state index is 0.255.